The van der Waals surface area contributed by atoms with Crippen LogP contribution in [-0.4, -0.2) is 23.0 Å². The third kappa shape index (κ3) is 5.01. The lowest BCUT2D eigenvalue weighted by molar-refractivity contribution is 0.669. The fourth-order valence-electron chi connectivity index (χ4n) is 7.78. The summed E-state index contributed by atoms with van der Waals surface area (Å²) in [6.07, 6.45) is 0. The highest BCUT2D eigenvalue weighted by Crippen LogP contribution is 2.37. The van der Waals surface area contributed by atoms with Crippen LogP contribution >= 0.6 is 0 Å². The van der Waals surface area contributed by atoms with Crippen LogP contribution in [0.15, 0.2) is 168 Å². The van der Waals surface area contributed by atoms with Crippen molar-refractivity contribution in [1.82, 2.24) is 15.0 Å². The molecule has 246 valence electrons. The predicted octanol–water partition coefficient (Wildman–Crippen LogP) is 10.9. The minimum atomic E-state index is -1.92. The Balaban J connectivity index is 1.09. The van der Waals surface area contributed by atoms with Crippen molar-refractivity contribution in [2.75, 3.05) is 0 Å². The summed E-state index contributed by atoms with van der Waals surface area (Å²) in [5.41, 5.74) is 11.9. The molecule has 5 heteroatoms. The predicted molar refractivity (Wildman–Crippen MR) is 216 cm³/mol. The third-order valence-corrected chi connectivity index (χ3v) is 14.1. The number of fused-ring (bicyclic) bond motifs is 6. The Kier molecular flexibility index (Phi) is 6.91. The second-order valence-corrected chi connectivity index (χ2v) is 18.4. The van der Waals surface area contributed by atoms with Gasteiger partial charge in [-0.05, 0) is 80.2 Å². The van der Waals surface area contributed by atoms with Gasteiger partial charge in [0.05, 0.1) is 0 Å². The summed E-state index contributed by atoms with van der Waals surface area (Å²) in [6, 6.07) is 57.7. The molecule has 10 rings (SSSR count). The first-order valence-electron chi connectivity index (χ1n) is 17.7. The zero-order valence-corrected chi connectivity index (χ0v) is 29.8. The van der Waals surface area contributed by atoms with E-state index in [4.69, 9.17) is 19.4 Å². The van der Waals surface area contributed by atoms with Gasteiger partial charge in [0.15, 0.2) is 17.5 Å². The van der Waals surface area contributed by atoms with E-state index >= 15 is 0 Å². The molecule has 1 aliphatic rings. The Labute approximate surface area is 303 Å². The molecule has 7 aromatic carbocycles. The van der Waals surface area contributed by atoms with E-state index in [1.165, 1.54) is 32.6 Å². The average Bonchev–Trinajstić information content (AvgIpc) is 3.68. The van der Waals surface area contributed by atoms with Gasteiger partial charge < -0.3 is 4.42 Å². The van der Waals surface area contributed by atoms with E-state index in [0.29, 0.717) is 17.5 Å². The summed E-state index contributed by atoms with van der Waals surface area (Å²) >= 11 is 0. The first kappa shape index (κ1) is 30.4. The molecule has 0 aliphatic carbocycles. The molecule has 3 heterocycles. The number of benzene rings is 7. The number of hydrogen-bond acceptors (Lipinski definition) is 4. The minimum Gasteiger partial charge on any atom is -0.456 e. The lowest BCUT2D eigenvalue weighted by atomic mass is 9.99. The zero-order chi connectivity index (χ0) is 34.8. The van der Waals surface area contributed by atoms with E-state index in [2.05, 4.69) is 140 Å². The maximum Gasteiger partial charge on any atom is 0.164 e. The van der Waals surface area contributed by atoms with Gasteiger partial charge in [0.1, 0.15) is 19.2 Å². The van der Waals surface area contributed by atoms with Gasteiger partial charge in [-0.3, -0.25) is 0 Å². The van der Waals surface area contributed by atoms with Crippen LogP contribution in [0, 0.1) is 0 Å². The maximum atomic E-state index is 6.36. The van der Waals surface area contributed by atoms with Crippen molar-refractivity contribution in [3.05, 3.63) is 164 Å². The van der Waals surface area contributed by atoms with E-state index < -0.39 is 8.07 Å². The van der Waals surface area contributed by atoms with E-state index in [0.717, 1.165) is 49.8 Å². The van der Waals surface area contributed by atoms with Gasteiger partial charge in [0, 0.05) is 27.5 Å². The van der Waals surface area contributed by atoms with Crippen LogP contribution in [-0.2, 0) is 0 Å². The largest absolute Gasteiger partial charge is 0.456 e. The molecule has 4 nitrogen and oxygen atoms in total. The van der Waals surface area contributed by atoms with Gasteiger partial charge in [0.25, 0.3) is 0 Å². The smallest absolute Gasteiger partial charge is 0.164 e. The Morgan fingerprint density at radius 2 is 0.904 bits per heavy atom. The number of rotatable bonds is 5. The standard InChI is InChI=1S/C47H33N3OSi/c1-52(2)43-25-21-36(27-40(43)38-23-19-34(29-44(38)52)31-14-8-4-9-15-31)47-49-45(32-16-10-5-11-17-32)48-46(50-47)35-20-24-41-39(26-35)37-22-18-33(28-42(37)51-41)30-12-6-3-7-13-30/h3-29H,1-2H3. The van der Waals surface area contributed by atoms with Gasteiger partial charge >= 0.3 is 0 Å². The average molecular weight is 684 g/mol. The molecule has 0 saturated carbocycles. The molecule has 0 spiro atoms. The van der Waals surface area contributed by atoms with Gasteiger partial charge in [0.2, 0.25) is 0 Å². The first-order valence-corrected chi connectivity index (χ1v) is 20.7. The molecular formula is C47H33N3OSi. The monoisotopic (exact) mass is 683 g/mol. The van der Waals surface area contributed by atoms with Crippen molar-refractivity contribution >= 4 is 40.4 Å². The first-order chi connectivity index (χ1) is 25.5. The molecule has 0 amide bonds. The summed E-state index contributed by atoms with van der Waals surface area (Å²) < 4.78 is 6.36. The normalized spacial score (nSPS) is 13.0. The van der Waals surface area contributed by atoms with Crippen LogP contribution in [0.25, 0.3) is 89.5 Å². The van der Waals surface area contributed by atoms with Crippen LogP contribution in [0.3, 0.4) is 0 Å². The summed E-state index contributed by atoms with van der Waals surface area (Å²) in [6.45, 7) is 4.91. The molecular weight excluding hydrogens is 651 g/mol. The van der Waals surface area contributed by atoms with E-state index in [-0.39, 0.29) is 0 Å². The lowest BCUT2D eigenvalue weighted by Gasteiger charge is -2.19. The Hall–Kier alpha value is -6.43. The molecule has 9 aromatic rings. The molecule has 0 radical (unpaired) electrons. The Morgan fingerprint density at radius 3 is 1.58 bits per heavy atom. The van der Waals surface area contributed by atoms with E-state index in [1.807, 2.05) is 36.4 Å². The van der Waals surface area contributed by atoms with E-state index in [9.17, 15) is 0 Å². The Bertz CT molecular complexity index is 2810. The highest BCUT2D eigenvalue weighted by molar-refractivity contribution is 7.03. The van der Waals surface area contributed by atoms with Crippen molar-refractivity contribution < 1.29 is 4.42 Å². The SMILES string of the molecule is C[Si]1(C)c2ccc(-c3nc(-c4ccccc4)nc(-c4ccc5oc6cc(-c7ccccc7)ccc6c5c4)n3)cc2-c2ccc(-c3ccccc3)cc21. The van der Waals surface area contributed by atoms with Crippen LogP contribution in [0.1, 0.15) is 0 Å². The molecule has 0 bridgehead atoms. The number of hydrogen-bond donors (Lipinski definition) is 0. The maximum absolute atomic E-state index is 6.36. The summed E-state index contributed by atoms with van der Waals surface area (Å²) in [5, 5.41) is 5.01. The lowest BCUT2D eigenvalue weighted by Crippen LogP contribution is -2.49. The van der Waals surface area contributed by atoms with E-state index in [1.54, 1.807) is 0 Å². The second-order valence-electron chi connectivity index (χ2n) is 14.1. The number of aromatic nitrogens is 3. The van der Waals surface area contributed by atoms with Crippen molar-refractivity contribution in [3.8, 4) is 67.5 Å². The molecule has 0 saturated heterocycles. The molecule has 0 unspecified atom stereocenters. The molecule has 52 heavy (non-hydrogen) atoms. The van der Waals surface area contributed by atoms with Crippen LogP contribution < -0.4 is 10.4 Å². The quantitative estimate of drug-likeness (QED) is 0.169. The van der Waals surface area contributed by atoms with Crippen LogP contribution in [0.4, 0.5) is 0 Å². The molecule has 1 aliphatic heterocycles. The number of nitrogens with zero attached hydrogens (tertiary/aromatic N) is 3. The van der Waals surface area contributed by atoms with Crippen LogP contribution in [0.5, 0.6) is 0 Å². The minimum absolute atomic E-state index is 0.629. The molecule has 0 atom stereocenters. The second kappa shape index (κ2) is 11.8. The topological polar surface area (TPSA) is 51.8 Å². The van der Waals surface area contributed by atoms with Crippen molar-refractivity contribution in [3.63, 3.8) is 0 Å². The summed E-state index contributed by atoms with van der Waals surface area (Å²) in [5.74, 6) is 1.93. The summed E-state index contributed by atoms with van der Waals surface area (Å²) in [7, 11) is -1.92. The molecule has 0 N–H and O–H groups in total. The van der Waals surface area contributed by atoms with Crippen molar-refractivity contribution in [1.29, 1.82) is 0 Å². The highest BCUT2D eigenvalue weighted by Gasteiger charge is 2.38. The molecule has 0 fully saturated rings. The number of furan rings is 1. The zero-order valence-electron chi connectivity index (χ0n) is 28.8. The third-order valence-electron chi connectivity index (χ3n) is 10.5. The fraction of sp³-hybridized carbons (Fsp3) is 0.0426. The van der Waals surface area contributed by atoms with Gasteiger partial charge in [-0.25, -0.2) is 15.0 Å². The van der Waals surface area contributed by atoms with Crippen molar-refractivity contribution in [2.24, 2.45) is 0 Å². The van der Waals surface area contributed by atoms with Crippen LogP contribution in [0.2, 0.25) is 13.1 Å². The fourth-order valence-corrected chi connectivity index (χ4v) is 10.9. The molecule has 2 aromatic heterocycles. The summed E-state index contributed by atoms with van der Waals surface area (Å²) in [4.78, 5) is 15.3. The van der Waals surface area contributed by atoms with Gasteiger partial charge in [-0.2, -0.15) is 0 Å². The van der Waals surface area contributed by atoms with Gasteiger partial charge in [-0.1, -0.05) is 140 Å². The van der Waals surface area contributed by atoms with Crippen molar-refractivity contribution in [2.45, 2.75) is 13.1 Å². The highest BCUT2D eigenvalue weighted by atomic mass is 28.3. The Morgan fingerprint density at radius 1 is 0.365 bits per heavy atom. The van der Waals surface area contributed by atoms with Gasteiger partial charge in [-0.15, -0.1) is 0 Å².